The Morgan fingerprint density at radius 1 is 1.12 bits per heavy atom. The number of hydrogen-bond donors (Lipinski definition) is 7. The smallest absolute Gasteiger partial charge is 0.300 e. The van der Waals surface area contributed by atoms with E-state index in [1.165, 1.54) is 18.6 Å². The topological polar surface area (TPSA) is 240 Å². The molecule has 0 unspecified atom stereocenters. The van der Waals surface area contributed by atoms with Gasteiger partial charge in [-0.1, -0.05) is 18.2 Å². The van der Waals surface area contributed by atoms with Crippen LogP contribution < -0.4 is 21.7 Å². The van der Waals surface area contributed by atoms with E-state index in [9.17, 15) is 19.2 Å². The number of para-hydroxylation sites is 1. The largest absolute Gasteiger partial charge is 0.481 e. The number of aromatic nitrogens is 3. The Hall–Kier alpha value is -5.54. The zero-order valence-corrected chi connectivity index (χ0v) is 28.2. The first-order valence-electron chi connectivity index (χ1n) is 16.8. The molecule has 16 nitrogen and oxygen atoms in total. The lowest BCUT2D eigenvalue weighted by Gasteiger charge is -2.33. The quantitative estimate of drug-likeness (QED) is 0.0935. The average molecular weight is 691 g/mol. The lowest BCUT2D eigenvalue weighted by atomic mass is 9.98. The van der Waals surface area contributed by atoms with Crippen LogP contribution >= 0.6 is 0 Å². The molecule has 5 rings (SSSR count). The number of carbonyl (C=O) groups excluding carboxylic acids is 4. The van der Waals surface area contributed by atoms with E-state index in [0.717, 1.165) is 55.6 Å². The zero-order valence-electron chi connectivity index (χ0n) is 28.2. The number of H-pyrrole nitrogens is 1. The summed E-state index contributed by atoms with van der Waals surface area (Å²) in [7, 11) is 0. The number of rotatable bonds is 14. The molecule has 2 aromatic heterocycles. The molecule has 0 radical (unpaired) electrons. The van der Waals surface area contributed by atoms with Crippen LogP contribution in [-0.4, -0.2) is 110 Å². The lowest BCUT2D eigenvalue weighted by molar-refractivity contribution is -0.139. The van der Waals surface area contributed by atoms with Gasteiger partial charge in [0.15, 0.2) is 5.96 Å². The van der Waals surface area contributed by atoms with Crippen LogP contribution in [0.1, 0.15) is 61.5 Å². The SMILES string of the molecule is CC(=O)O.N=C(N)N1CCC[C@@H](CNC(=O)C[C@H](NC(=O)CCc2c[nH]c3ccccc23)C(=O)N(CCNC(=O)c2cnccn2)C2CC2)C1. The van der Waals surface area contributed by atoms with Gasteiger partial charge in [0.25, 0.3) is 11.9 Å². The number of carboxylic acid groups (broad SMARTS) is 1. The summed E-state index contributed by atoms with van der Waals surface area (Å²) in [6.07, 6.45) is 9.95. The van der Waals surface area contributed by atoms with Crippen molar-refractivity contribution in [3.63, 3.8) is 0 Å². The highest BCUT2D eigenvalue weighted by Gasteiger charge is 2.37. The number of hydrogen-bond acceptors (Lipinski definition) is 8. The molecule has 1 aromatic carbocycles. The van der Waals surface area contributed by atoms with E-state index >= 15 is 0 Å². The zero-order chi connectivity index (χ0) is 36.0. The van der Waals surface area contributed by atoms with Gasteiger partial charge in [-0.3, -0.25) is 34.4 Å². The Balaban J connectivity index is 0.00000133. The third kappa shape index (κ3) is 11.6. The van der Waals surface area contributed by atoms with Crippen LogP contribution in [0.4, 0.5) is 0 Å². The highest BCUT2D eigenvalue weighted by Crippen LogP contribution is 2.27. The number of nitrogens with zero attached hydrogens (tertiary/aromatic N) is 4. The monoisotopic (exact) mass is 690 g/mol. The van der Waals surface area contributed by atoms with E-state index in [-0.39, 0.29) is 67.3 Å². The molecular formula is C34H46N10O6. The molecule has 16 heteroatoms. The first-order valence-corrected chi connectivity index (χ1v) is 16.8. The summed E-state index contributed by atoms with van der Waals surface area (Å²) in [4.78, 5) is 76.3. The van der Waals surface area contributed by atoms with Crippen molar-refractivity contribution < 1.29 is 29.1 Å². The molecule has 0 bridgehead atoms. The van der Waals surface area contributed by atoms with E-state index in [1.807, 2.05) is 30.5 Å². The van der Waals surface area contributed by atoms with Crippen molar-refractivity contribution in [1.82, 2.24) is 40.7 Å². The van der Waals surface area contributed by atoms with E-state index in [4.69, 9.17) is 21.0 Å². The number of carbonyl (C=O) groups is 5. The van der Waals surface area contributed by atoms with Crippen LogP contribution in [0.2, 0.25) is 0 Å². The number of benzene rings is 1. The van der Waals surface area contributed by atoms with Crippen LogP contribution in [-0.2, 0) is 25.6 Å². The van der Waals surface area contributed by atoms with Crippen molar-refractivity contribution in [3.05, 3.63) is 60.3 Å². The molecule has 2 atom stereocenters. The number of piperidine rings is 1. The summed E-state index contributed by atoms with van der Waals surface area (Å²) in [5.74, 6) is -2.11. The summed E-state index contributed by atoms with van der Waals surface area (Å²) >= 11 is 0. The van der Waals surface area contributed by atoms with Gasteiger partial charge in [0.1, 0.15) is 11.7 Å². The molecule has 8 N–H and O–H groups in total. The van der Waals surface area contributed by atoms with Crippen LogP contribution in [0.3, 0.4) is 0 Å². The third-order valence-electron chi connectivity index (χ3n) is 8.47. The number of aryl methyl sites for hydroxylation is 1. The van der Waals surface area contributed by atoms with Crippen LogP contribution in [0, 0.1) is 11.3 Å². The molecule has 2 fully saturated rings. The number of guanidine groups is 1. The first-order chi connectivity index (χ1) is 24.0. The van der Waals surface area contributed by atoms with Crippen molar-refractivity contribution in [2.45, 2.75) is 64.0 Å². The van der Waals surface area contributed by atoms with Gasteiger partial charge in [-0.2, -0.15) is 0 Å². The second kappa shape index (κ2) is 18.3. The van der Waals surface area contributed by atoms with E-state index in [1.54, 1.807) is 9.80 Å². The number of nitrogens with one attached hydrogen (secondary N) is 5. The third-order valence-corrected chi connectivity index (χ3v) is 8.47. The first kappa shape index (κ1) is 37.3. The van der Waals surface area contributed by atoms with Crippen molar-refractivity contribution in [2.24, 2.45) is 11.7 Å². The minimum absolute atomic E-state index is 0.0186. The van der Waals surface area contributed by atoms with Gasteiger partial charge in [-0.05, 0) is 49.7 Å². The Bertz CT molecular complexity index is 1640. The highest BCUT2D eigenvalue weighted by molar-refractivity contribution is 5.93. The maximum atomic E-state index is 13.9. The van der Waals surface area contributed by atoms with Crippen molar-refractivity contribution >= 4 is 46.5 Å². The van der Waals surface area contributed by atoms with Crippen LogP contribution in [0.25, 0.3) is 10.9 Å². The van der Waals surface area contributed by atoms with Crippen molar-refractivity contribution in [3.8, 4) is 0 Å². The highest BCUT2D eigenvalue weighted by atomic mass is 16.4. The number of likely N-dealkylation sites (tertiary alicyclic amines) is 1. The van der Waals surface area contributed by atoms with E-state index in [0.29, 0.717) is 19.5 Å². The molecule has 1 saturated heterocycles. The van der Waals surface area contributed by atoms with Crippen LogP contribution in [0.5, 0.6) is 0 Å². The van der Waals surface area contributed by atoms with Gasteiger partial charge in [0.05, 0.1) is 12.6 Å². The van der Waals surface area contributed by atoms with Crippen LogP contribution in [0.15, 0.2) is 49.1 Å². The predicted molar refractivity (Wildman–Crippen MR) is 185 cm³/mol. The Kier molecular flexibility index (Phi) is 13.6. The van der Waals surface area contributed by atoms with Gasteiger partial charge in [-0.25, -0.2) is 4.98 Å². The van der Waals surface area contributed by atoms with Crippen molar-refractivity contribution in [1.29, 1.82) is 5.41 Å². The van der Waals surface area contributed by atoms with E-state index < -0.39 is 17.9 Å². The lowest BCUT2D eigenvalue weighted by Crippen LogP contribution is -2.53. The molecular weight excluding hydrogens is 644 g/mol. The number of carboxylic acids is 1. The Morgan fingerprint density at radius 3 is 2.58 bits per heavy atom. The average Bonchev–Trinajstić information content (AvgIpc) is 3.86. The standard InChI is InChI=1S/C32H42N10O4.C2H4O2/c33-32(34)41-14-3-4-21(20-41)17-39-29(44)16-26(40-28(43)10-7-22-18-38-25-6-2-1-5-24(22)25)31(46)42(23-8-9-23)15-13-37-30(45)27-19-35-11-12-36-27;1-2(3)4/h1-2,5-6,11-12,18-19,21,23,26,38H,3-4,7-10,13-17,20H2,(H3,33,34)(H,37,45)(H,39,44)(H,40,43);1H3,(H,3,4)/t21-,26-;/m0./s1. The normalized spacial score (nSPS) is 15.9. The number of aromatic amines is 1. The Morgan fingerprint density at radius 2 is 1.88 bits per heavy atom. The minimum Gasteiger partial charge on any atom is -0.481 e. The fourth-order valence-corrected chi connectivity index (χ4v) is 5.88. The number of aliphatic carboxylic acids is 1. The van der Waals surface area contributed by atoms with E-state index in [2.05, 4.69) is 30.9 Å². The molecule has 50 heavy (non-hydrogen) atoms. The molecule has 0 spiro atoms. The molecule has 3 heterocycles. The van der Waals surface area contributed by atoms with Gasteiger partial charge >= 0.3 is 0 Å². The van der Waals surface area contributed by atoms with Crippen molar-refractivity contribution in [2.75, 3.05) is 32.7 Å². The van der Waals surface area contributed by atoms with Gasteiger partial charge in [-0.15, -0.1) is 0 Å². The summed E-state index contributed by atoms with van der Waals surface area (Å²) in [5.41, 5.74) is 7.82. The molecule has 3 aromatic rings. The molecule has 1 aliphatic carbocycles. The second-order valence-corrected chi connectivity index (χ2v) is 12.5. The predicted octanol–water partition coefficient (Wildman–Crippen LogP) is 0.999. The fraction of sp³-hybridized carbons (Fsp3) is 0.471. The summed E-state index contributed by atoms with van der Waals surface area (Å²) in [5, 5.41) is 24.7. The molecule has 1 aliphatic heterocycles. The number of nitrogens with two attached hydrogens (primary N) is 1. The Labute approximate surface area is 290 Å². The molecule has 2 aliphatic rings. The number of amides is 4. The fourth-order valence-electron chi connectivity index (χ4n) is 5.88. The van der Waals surface area contributed by atoms with Gasteiger partial charge in [0, 0.05) is 81.6 Å². The molecule has 1 saturated carbocycles. The maximum Gasteiger partial charge on any atom is 0.300 e. The minimum atomic E-state index is -1.06. The summed E-state index contributed by atoms with van der Waals surface area (Å²) < 4.78 is 0. The summed E-state index contributed by atoms with van der Waals surface area (Å²) in [6, 6.07) is 6.77. The maximum absolute atomic E-state index is 13.9. The molecule has 4 amide bonds. The molecule has 268 valence electrons. The number of fused-ring (bicyclic) bond motifs is 1. The van der Waals surface area contributed by atoms with Gasteiger partial charge in [0.2, 0.25) is 17.7 Å². The van der Waals surface area contributed by atoms with Gasteiger partial charge < -0.3 is 41.6 Å². The summed E-state index contributed by atoms with van der Waals surface area (Å²) in [6.45, 7) is 3.18. The second-order valence-electron chi connectivity index (χ2n) is 12.5.